The normalized spacial score (nSPS) is 10.3. The number of rotatable bonds is 3. The van der Waals surface area contributed by atoms with Crippen LogP contribution in [0, 0.1) is 0 Å². The van der Waals surface area contributed by atoms with Crippen molar-refractivity contribution in [1.82, 2.24) is 4.98 Å². The Labute approximate surface area is 105 Å². The summed E-state index contributed by atoms with van der Waals surface area (Å²) in [7, 11) is 0. The highest BCUT2D eigenvalue weighted by Crippen LogP contribution is 2.23. The number of hydrogen-bond acceptors (Lipinski definition) is 4. The first-order chi connectivity index (χ1) is 8.49. The minimum absolute atomic E-state index is 0.0820. The van der Waals surface area contributed by atoms with E-state index >= 15 is 0 Å². The van der Waals surface area contributed by atoms with Crippen LogP contribution in [0.3, 0.4) is 0 Å². The summed E-state index contributed by atoms with van der Waals surface area (Å²) < 4.78 is 4.93. The van der Waals surface area contributed by atoms with Crippen LogP contribution in [-0.2, 0) is 0 Å². The van der Waals surface area contributed by atoms with Crippen molar-refractivity contribution in [3.63, 3.8) is 0 Å². The number of nitrogens with zero attached hydrogens (tertiary/aromatic N) is 1. The molecule has 0 bridgehead atoms. The van der Waals surface area contributed by atoms with Crippen LogP contribution in [0.15, 0.2) is 28.7 Å². The van der Waals surface area contributed by atoms with Gasteiger partial charge in [0.2, 0.25) is 17.3 Å². The minimum Gasteiger partial charge on any atom is -0.476 e. The zero-order valence-electron chi connectivity index (χ0n) is 8.75. The van der Waals surface area contributed by atoms with Crippen LogP contribution < -0.4 is 0 Å². The van der Waals surface area contributed by atoms with Crippen LogP contribution in [0.1, 0.15) is 21.0 Å². The van der Waals surface area contributed by atoms with E-state index < -0.39 is 23.4 Å². The van der Waals surface area contributed by atoms with E-state index in [4.69, 9.17) is 26.2 Å². The number of oxazole rings is 1. The summed E-state index contributed by atoms with van der Waals surface area (Å²) in [5, 5.41) is 18.1. The Bertz CT molecular complexity index is 585. The van der Waals surface area contributed by atoms with Gasteiger partial charge in [0.1, 0.15) is 0 Å². The lowest BCUT2D eigenvalue weighted by atomic mass is 10.2. The van der Waals surface area contributed by atoms with Crippen molar-refractivity contribution in [2.75, 3.05) is 0 Å². The van der Waals surface area contributed by atoms with Crippen molar-refractivity contribution in [3.8, 4) is 11.5 Å². The third-order valence-electron chi connectivity index (χ3n) is 2.12. The lowest BCUT2D eigenvalue weighted by molar-refractivity contribution is 0.0624. The van der Waals surface area contributed by atoms with Crippen molar-refractivity contribution >= 4 is 23.5 Å². The van der Waals surface area contributed by atoms with E-state index in [1.54, 1.807) is 24.3 Å². The molecule has 2 aromatic rings. The predicted molar refractivity (Wildman–Crippen MR) is 60.9 cm³/mol. The Balaban J connectivity index is 2.53. The highest BCUT2D eigenvalue weighted by atomic mass is 35.5. The Morgan fingerprint density at radius 1 is 1.11 bits per heavy atom. The monoisotopic (exact) mass is 267 g/mol. The highest BCUT2D eigenvalue weighted by molar-refractivity contribution is 6.30. The van der Waals surface area contributed by atoms with Crippen molar-refractivity contribution in [2.45, 2.75) is 0 Å². The molecular formula is C11H6ClNO5. The largest absolute Gasteiger partial charge is 0.476 e. The van der Waals surface area contributed by atoms with Crippen LogP contribution in [0.4, 0.5) is 0 Å². The lowest BCUT2D eigenvalue weighted by Crippen LogP contribution is -2.05. The van der Waals surface area contributed by atoms with E-state index in [0.717, 1.165) is 0 Å². The average molecular weight is 268 g/mol. The molecule has 0 aliphatic heterocycles. The molecule has 0 aliphatic carbocycles. The van der Waals surface area contributed by atoms with E-state index in [2.05, 4.69) is 4.98 Å². The molecule has 0 radical (unpaired) electrons. The second-order valence-electron chi connectivity index (χ2n) is 3.31. The van der Waals surface area contributed by atoms with Crippen LogP contribution >= 0.6 is 11.6 Å². The summed E-state index contributed by atoms with van der Waals surface area (Å²) in [5.41, 5.74) is -0.193. The molecule has 18 heavy (non-hydrogen) atoms. The number of carboxylic acids is 2. The fourth-order valence-corrected chi connectivity index (χ4v) is 1.45. The summed E-state index contributed by atoms with van der Waals surface area (Å²) in [6.45, 7) is 0. The van der Waals surface area contributed by atoms with Crippen molar-refractivity contribution in [1.29, 1.82) is 0 Å². The topological polar surface area (TPSA) is 101 Å². The quantitative estimate of drug-likeness (QED) is 0.885. The molecule has 1 aromatic carbocycles. The van der Waals surface area contributed by atoms with Gasteiger partial charge in [-0.3, -0.25) is 0 Å². The van der Waals surface area contributed by atoms with Gasteiger partial charge in [-0.2, -0.15) is 0 Å². The first-order valence-electron chi connectivity index (χ1n) is 4.72. The van der Waals surface area contributed by atoms with Gasteiger partial charge >= 0.3 is 11.9 Å². The fraction of sp³-hybridized carbons (Fsp3) is 0. The summed E-state index contributed by atoms with van der Waals surface area (Å²) in [4.78, 5) is 25.3. The van der Waals surface area contributed by atoms with Crippen LogP contribution in [0.5, 0.6) is 0 Å². The van der Waals surface area contributed by atoms with Crippen molar-refractivity contribution in [3.05, 3.63) is 40.7 Å². The van der Waals surface area contributed by atoms with Crippen molar-refractivity contribution < 1.29 is 24.2 Å². The number of carbonyl (C=O) groups is 2. The van der Waals surface area contributed by atoms with Gasteiger partial charge in [0.25, 0.3) is 0 Å². The summed E-state index contributed by atoms with van der Waals surface area (Å²) in [6.07, 6.45) is 0. The third kappa shape index (κ3) is 2.18. The predicted octanol–water partition coefficient (Wildman–Crippen LogP) is 2.39. The first-order valence-corrected chi connectivity index (χ1v) is 5.10. The Kier molecular flexibility index (Phi) is 3.03. The Morgan fingerprint density at radius 3 is 2.17 bits per heavy atom. The van der Waals surface area contributed by atoms with Crippen molar-refractivity contribution in [2.24, 2.45) is 0 Å². The van der Waals surface area contributed by atoms with Gasteiger partial charge in [0, 0.05) is 10.6 Å². The molecule has 2 N–H and O–H groups in total. The molecule has 6 nitrogen and oxygen atoms in total. The van der Waals surface area contributed by atoms with Crippen LogP contribution in [0.25, 0.3) is 11.5 Å². The van der Waals surface area contributed by atoms with E-state index in [9.17, 15) is 9.59 Å². The molecule has 7 heteroatoms. The van der Waals surface area contributed by atoms with E-state index in [1.165, 1.54) is 0 Å². The molecule has 0 fully saturated rings. The number of benzene rings is 1. The Hall–Kier alpha value is -2.34. The summed E-state index contributed by atoms with van der Waals surface area (Å²) in [6, 6.07) is 6.21. The summed E-state index contributed by atoms with van der Waals surface area (Å²) in [5.74, 6) is -3.73. The molecule has 0 atom stereocenters. The SMILES string of the molecule is O=C(O)c1nc(-c2ccc(Cl)cc2)oc1C(=O)O. The van der Waals surface area contributed by atoms with Gasteiger partial charge in [-0.15, -0.1) is 0 Å². The van der Waals surface area contributed by atoms with Gasteiger partial charge in [0.15, 0.2) is 0 Å². The molecule has 1 heterocycles. The number of aromatic carboxylic acids is 2. The molecule has 2 rings (SSSR count). The second kappa shape index (κ2) is 4.50. The first kappa shape index (κ1) is 12.1. The number of hydrogen-bond donors (Lipinski definition) is 2. The molecule has 0 spiro atoms. The van der Waals surface area contributed by atoms with Gasteiger partial charge in [0.05, 0.1) is 0 Å². The van der Waals surface area contributed by atoms with E-state index in [-0.39, 0.29) is 5.89 Å². The lowest BCUT2D eigenvalue weighted by Gasteiger charge is -1.94. The third-order valence-corrected chi connectivity index (χ3v) is 2.37. The molecule has 0 unspecified atom stereocenters. The number of halogens is 1. The summed E-state index contributed by atoms with van der Waals surface area (Å²) >= 11 is 5.70. The number of carboxylic acid groups (broad SMARTS) is 2. The fourth-order valence-electron chi connectivity index (χ4n) is 1.33. The van der Waals surface area contributed by atoms with Crippen LogP contribution in [0.2, 0.25) is 5.02 Å². The Morgan fingerprint density at radius 2 is 1.72 bits per heavy atom. The van der Waals surface area contributed by atoms with E-state index in [0.29, 0.717) is 10.6 Å². The van der Waals surface area contributed by atoms with Gasteiger partial charge < -0.3 is 14.6 Å². The molecule has 0 aliphatic rings. The van der Waals surface area contributed by atoms with Crippen LogP contribution in [-0.4, -0.2) is 27.1 Å². The minimum atomic E-state index is -1.49. The highest BCUT2D eigenvalue weighted by Gasteiger charge is 2.25. The molecule has 0 saturated carbocycles. The van der Waals surface area contributed by atoms with Gasteiger partial charge in [-0.1, -0.05) is 11.6 Å². The zero-order valence-corrected chi connectivity index (χ0v) is 9.51. The van der Waals surface area contributed by atoms with Gasteiger partial charge in [-0.25, -0.2) is 14.6 Å². The molecule has 1 aromatic heterocycles. The number of aromatic nitrogens is 1. The maximum atomic E-state index is 10.8. The zero-order chi connectivity index (χ0) is 13.3. The smallest absolute Gasteiger partial charge is 0.374 e. The molecular weight excluding hydrogens is 262 g/mol. The standard InChI is InChI=1S/C11H6ClNO5/c12-6-3-1-5(2-4-6)9-13-7(10(14)15)8(18-9)11(16)17/h1-4H,(H,14,15)(H,16,17). The second-order valence-corrected chi connectivity index (χ2v) is 3.75. The maximum Gasteiger partial charge on any atom is 0.374 e. The average Bonchev–Trinajstić information content (AvgIpc) is 2.75. The molecule has 92 valence electrons. The van der Waals surface area contributed by atoms with Gasteiger partial charge in [-0.05, 0) is 24.3 Å². The molecule has 0 amide bonds. The molecule has 0 saturated heterocycles. The van der Waals surface area contributed by atoms with E-state index in [1.807, 2.05) is 0 Å². The maximum absolute atomic E-state index is 10.8.